The maximum absolute atomic E-state index is 12.8. The van der Waals surface area contributed by atoms with Gasteiger partial charge in [0.2, 0.25) is 0 Å². The number of hydrogen-bond donors (Lipinski definition) is 1. The van der Waals surface area contributed by atoms with Crippen molar-refractivity contribution in [3.63, 3.8) is 0 Å². The Labute approximate surface area is 178 Å². The minimum Gasteiger partial charge on any atom is -0.355 e. The van der Waals surface area contributed by atoms with Crippen molar-refractivity contribution in [1.29, 1.82) is 0 Å². The first kappa shape index (κ1) is 20.4. The van der Waals surface area contributed by atoms with Crippen LogP contribution in [0.3, 0.4) is 0 Å². The van der Waals surface area contributed by atoms with Crippen LogP contribution in [0, 0.1) is 0 Å². The lowest BCUT2D eigenvalue weighted by atomic mass is 9.99. The highest BCUT2D eigenvalue weighted by molar-refractivity contribution is 5.93. The van der Waals surface area contributed by atoms with Crippen molar-refractivity contribution in [3.8, 4) is 11.3 Å². The molecule has 1 fully saturated rings. The number of amides is 1. The van der Waals surface area contributed by atoms with Crippen LogP contribution in [0.5, 0.6) is 0 Å². The highest BCUT2D eigenvalue weighted by Crippen LogP contribution is 2.25. The zero-order valence-electron chi connectivity index (χ0n) is 17.5. The van der Waals surface area contributed by atoms with Gasteiger partial charge >= 0.3 is 0 Å². The van der Waals surface area contributed by atoms with E-state index in [1.165, 1.54) is 30.4 Å². The van der Waals surface area contributed by atoms with Crippen LogP contribution in [0.25, 0.3) is 11.3 Å². The number of aromatic nitrogens is 1. The quantitative estimate of drug-likeness (QED) is 0.612. The molecular weight excluding hydrogens is 374 g/mol. The third kappa shape index (κ3) is 4.79. The van der Waals surface area contributed by atoms with Crippen LogP contribution in [0.1, 0.15) is 53.8 Å². The zero-order valence-corrected chi connectivity index (χ0v) is 17.5. The van der Waals surface area contributed by atoms with E-state index in [-0.39, 0.29) is 11.9 Å². The molecule has 1 aliphatic rings. The molecule has 1 aliphatic heterocycles. The lowest BCUT2D eigenvalue weighted by molar-refractivity contribution is 0.0915. The highest BCUT2D eigenvalue weighted by atomic mass is 16.5. The van der Waals surface area contributed by atoms with Gasteiger partial charge in [-0.3, -0.25) is 9.69 Å². The first-order chi connectivity index (χ1) is 14.7. The maximum Gasteiger partial charge on any atom is 0.273 e. The van der Waals surface area contributed by atoms with Crippen LogP contribution in [-0.2, 0) is 6.42 Å². The molecule has 2 aromatic carbocycles. The van der Waals surface area contributed by atoms with E-state index in [2.05, 4.69) is 46.6 Å². The highest BCUT2D eigenvalue weighted by Gasteiger charge is 2.24. The number of rotatable bonds is 7. The minimum absolute atomic E-state index is 0.167. The summed E-state index contributed by atoms with van der Waals surface area (Å²) in [7, 11) is 0. The molecule has 3 aromatic rings. The van der Waals surface area contributed by atoms with Crippen molar-refractivity contribution in [2.24, 2.45) is 0 Å². The van der Waals surface area contributed by atoms with Gasteiger partial charge in [0.25, 0.3) is 5.91 Å². The molecule has 1 saturated heterocycles. The fourth-order valence-electron chi connectivity index (χ4n) is 4.06. The fourth-order valence-corrected chi connectivity index (χ4v) is 4.06. The average Bonchev–Trinajstić information content (AvgIpc) is 3.31. The van der Waals surface area contributed by atoms with E-state index in [0.717, 1.165) is 25.1 Å². The number of carbonyl (C=O) groups is 1. The van der Waals surface area contributed by atoms with Gasteiger partial charge < -0.3 is 9.84 Å². The molecule has 4 rings (SSSR count). The number of carbonyl (C=O) groups excluding carboxylic acids is 1. The summed E-state index contributed by atoms with van der Waals surface area (Å²) in [5, 5.41) is 7.06. The van der Waals surface area contributed by atoms with Crippen molar-refractivity contribution in [1.82, 2.24) is 15.4 Å². The number of aryl methyl sites for hydroxylation is 1. The maximum atomic E-state index is 12.8. The van der Waals surface area contributed by atoms with E-state index in [1.54, 1.807) is 6.07 Å². The standard InChI is InChI=1S/C25H29N3O2/c1-2-19-11-13-20(14-12-19)23(28-15-7-4-8-16-28)18-26-25(29)22-17-24(30-27-22)21-9-5-3-6-10-21/h3,5-6,9-14,17,23H,2,4,7-8,15-16,18H2,1H3,(H,26,29). The van der Waals surface area contributed by atoms with E-state index >= 15 is 0 Å². The summed E-state index contributed by atoms with van der Waals surface area (Å²) in [6.07, 6.45) is 4.73. The molecule has 0 spiro atoms. The minimum atomic E-state index is -0.201. The van der Waals surface area contributed by atoms with Crippen LogP contribution >= 0.6 is 0 Å². The van der Waals surface area contributed by atoms with E-state index < -0.39 is 0 Å². The number of benzene rings is 2. The lowest BCUT2D eigenvalue weighted by Crippen LogP contribution is -2.40. The van der Waals surface area contributed by atoms with E-state index in [0.29, 0.717) is 18.0 Å². The van der Waals surface area contributed by atoms with Crippen molar-refractivity contribution in [2.45, 2.75) is 38.6 Å². The third-order valence-corrected chi connectivity index (χ3v) is 5.86. The van der Waals surface area contributed by atoms with Crippen molar-refractivity contribution in [2.75, 3.05) is 19.6 Å². The van der Waals surface area contributed by atoms with Crippen molar-refractivity contribution >= 4 is 5.91 Å². The monoisotopic (exact) mass is 403 g/mol. The topological polar surface area (TPSA) is 58.4 Å². The number of nitrogens with one attached hydrogen (secondary N) is 1. The Morgan fingerprint density at radius 1 is 1.07 bits per heavy atom. The van der Waals surface area contributed by atoms with Crippen LogP contribution < -0.4 is 5.32 Å². The predicted molar refractivity (Wildman–Crippen MR) is 118 cm³/mol. The molecule has 1 amide bonds. The number of nitrogens with zero attached hydrogens (tertiary/aromatic N) is 2. The second kappa shape index (κ2) is 9.72. The molecule has 2 heterocycles. The molecule has 30 heavy (non-hydrogen) atoms. The molecule has 0 saturated carbocycles. The second-order valence-corrected chi connectivity index (χ2v) is 7.86. The smallest absolute Gasteiger partial charge is 0.273 e. The molecule has 0 aliphatic carbocycles. The molecule has 5 heteroatoms. The summed E-state index contributed by atoms with van der Waals surface area (Å²) in [5.41, 5.74) is 3.80. The summed E-state index contributed by atoms with van der Waals surface area (Å²) in [6.45, 7) is 4.85. The fraction of sp³-hybridized carbons (Fsp3) is 0.360. The second-order valence-electron chi connectivity index (χ2n) is 7.86. The summed E-state index contributed by atoms with van der Waals surface area (Å²) in [6, 6.07) is 20.4. The Bertz CT molecular complexity index is 944. The first-order valence-electron chi connectivity index (χ1n) is 10.9. The third-order valence-electron chi connectivity index (χ3n) is 5.86. The number of likely N-dealkylation sites (tertiary alicyclic amines) is 1. The van der Waals surface area contributed by atoms with Crippen LogP contribution in [-0.4, -0.2) is 35.6 Å². The Morgan fingerprint density at radius 3 is 2.50 bits per heavy atom. The Hall–Kier alpha value is -2.92. The number of hydrogen-bond acceptors (Lipinski definition) is 4. The van der Waals surface area contributed by atoms with Gasteiger partial charge in [-0.15, -0.1) is 0 Å². The largest absolute Gasteiger partial charge is 0.355 e. The molecular formula is C25H29N3O2. The van der Waals surface area contributed by atoms with Gasteiger partial charge in [0.05, 0.1) is 6.04 Å². The number of piperidine rings is 1. The molecule has 1 aromatic heterocycles. The van der Waals surface area contributed by atoms with Crippen LogP contribution in [0.2, 0.25) is 0 Å². The SMILES string of the molecule is CCc1ccc(C(CNC(=O)c2cc(-c3ccccc3)on2)N2CCCCC2)cc1. The van der Waals surface area contributed by atoms with Gasteiger partial charge in [0.15, 0.2) is 11.5 Å². The Morgan fingerprint density at radius 2 is 1.80 bits per heavy atom. The van der Waals surface area contributed by atoms with Crippen molar-refractivity contribution < 1.29 is 9.32 Å². The predicted octanol–water partition coefficient (Wildman–Crippen LogP) is 4.86. The normalized spacial score (nSPS) is 15.6. The zero-order chi connectivity index (χ0) is 20.8. The molecule has 1 unspecified atom stereocenters. The van der Waals surface area contributed by atoms with E-state index in [1.807, 2.05) is 30.3 Å². The Kier molecular flexibility index (Phi) is 6.60. The summed E-state index contributed by atoms with van der Waals surface area (Å²) in [5.74, 6) is 0.400. The molecule has 0 bridgehead atoms. The summed E-state index contributed by atoms with van der Waals surface area (Å²) >= 11 is 0. The molecule has 1 N–H and O–H groups in total. The van der Waals surface area contributed by atoms with E-state index in [9.17, 15) is 4.79 Å². The summed E-state index contributed by atoms with van der Waals surface area (Å²) < 4.78 is 5.38. The van der Waals surface area contributed by atoms with Gasteiger partial charge in [-0.2, -0.15) is 0 Å². The van der Waals surface area contributed by atoms with Gasteiger partial charge in [0.1, 0.15) is 0 Å². The lowest BCUT2D eigenvalue weighted by Gasteiger charge is -2.35. The molecule has 5 nitrogen and oxygen atoms in total. The van der Waals surface area contributed by atoms with E-state index in [4.69, 9.17) is 4.52 Å². The van der Waals surface area contributed by atoms with Crippen molar-refractivity contribution in [3.05, 3.63) is 77.5 Å². The first-order valence-corrected chi connectivity index (χ1v) is 10.9. The average molecular weight is 404 g/mol. The summed E-state index contributed by atoms with van der Waals surface area (Å²) in [4.78, 5) is 15.2. The molecule has 1 atom stereocenters. The molecule has 0 radical (unpaired) electrons. The van der Waals surface area contributed by atoms with Gasteiger partial charge in [-0.25, -0.2) is 0 Å². The van der Waals surface area contributed by atoms with Gasteiger partial charge in [-0.1, -0.05) is 73.1 Å². The van der Waals surface area contributed by atoms with Gasteiger partial charge in [0, 0.05) is 18.2 Å². The van der Waals surface area contributed by atoms with Gasteiger partial charge in [-0.05, 0) is 43.5 Å². The van der Waals surface area contributed by atoms with Crippen LogP contribution in [0.4, 0.5) is 0 Å². The molecule has 156 valence electrons. The Balaban J connectivity index is 1.46. The van der Waals surface area contributed by atoms with Crippen LogP contribution in [0.15, 0.2) is 65.2 Å².